The maximum atomic E-state index is 12.1. The number of amides is 1. The number of rotatable bonds is 2. The maximum absolute atomic E-state index is 12.1. The zero-order chi connectivity index (χ0) is 14.1. The van der Waals surface area contributed by atoms with Crippen LogP contribution in [-0.4, -0.2) is 19.1 Å². The van der Waals surface area contributed by atoms with E-state index >= 15 is 0 Å². The number of hydrogen-bond acceptors (Lipinski definition) is 2. The van der Waals surface area contributed by atoms with Crippen LogP contribution in [0.3, 0.4) is 0 Å². The molecule has 0 aromatic heterocycles. The summed E-state index contributed by atoms with van der Waals surface area (Å²) in [6.45, 7) is 3.43. The Hall–Kier alpha value is -1.03. The summed E-state index contributed by atoms with van der Waals surface area (Å²) in [5.41, 5.74) is 1.85. The van der Waals surface area contributed by atoms with Gasteiger partial charge in [-0.1, -0.05) is 41.8 Å². The van der Waals surface area contributed by atoms with Gasteiger partial charge in [-0.05, 0) is 36.0 Å². The van der Waals surface area contributed by atoms with Crippen molar-refractivity contribution in [2.75, 3.05) is 13.2 Å². The van der Waals surface area contributed by atoms with E-state index in [-0.39, 0.29) is 5.91 Å². The Morgan fingerprint density at radius 1 is 1.40 bits per heavy atom. The Balaban J connectivity index is 1.89. The van der Waals surface area contributed by atoms with Gasteiger partial charge < -0.3 is 10.1 Å². The van der Waals surface area contributed by atoms with Gasteiger partial charge in [-0.3, -0.25) is 4.79 Å². The lowest BCUT2D eigenvalue weighted by atomic mass is 9.90. The van der Waals surface area contributed by atoms with Crippen molar-refractivity contribution < 1.29 is 9.53 Å². The molecule has 0 radical (unpaired) electrons. The SMILES string of the molecule is CC1CCCC1C(Br)c1ccc2c(c1)C(=O)NCCO2. The van der Waals surface area contributed by atoms with Gasteiger partial charge >= 0.3 is 0 Å². The Morgan fingerprint density at radius 2 is 2.25 bits per heavy atom. The van der Waals surface area contributed by atoms with Crippen molar-refractivity contribution in [2.24, 2.45) is 11.8 Å². The smallest absolute Gasteiger partial charge is 0.255 e. The molecule has 1 aromatic carbocycles. The Morgan fingerprint density at radius 3 is 3.00 bits per heavy atom. The lowest BCUT2D eigenvalue weighted by Gasteiger charge is -2.23. The van der Waals surface area contributed by atoms with Crippen molar-refractivity contribution in [2.45, 2.75) is 31.0 Å². The summed E-state index contributed by atoms with van der Waals surface area (Å²) in [5.74, 6) is 2.06. The molecule has 1 aromatic rings. The fraction of sp³-hybridized carbons (Fsp3) is 0.562. The predicted octanol–water partition coefficient (Wildman–Crippen LogP) is 3.68. The first-order valence-electron chi connectivity index (χ1n) is 7.36. The van der Waals surface area contributed by atoms with E-state index in [1.165, 1.54) is 24.8 Å². The standard InChI is InChI=1S/C16H20BrNO2/c1-10-3-2-4-12(10)15(17)11-5-6-14-13(9-11)16(19)18-7-8-20-14/h5-6,9-10,12,15H,2-4,7-8H2,1H3,(H,18,19). The van der Waals surface area contributed by atoms with Crippen molar-refractivity contribution in [1.29, 1.82) is 0 Å². The Kier molecular flexibility index (Phi) is 4.01. The summed E-state index contributed by atoms with van der Waals surface area (Å²) in [6, 6.07) is 6.01. The van der Waals surface area contributed by atoms with Crippen LogP contribution >= 0.6 is 15.9 Å². The summed E-state index contributed by atoms with van der Waals surface area (Å²) in [6.07, 6.45) is 3.88. The van der Waals surface area contributed by atoms with Crippen LogP contribution in [0.5, 0.6) is 5.75 Å². The summed E-state index contributed by atoms with van der Waals surface area (Å²) < 4.78 is 5.60. The monoisotopic (exact) mass is 337 g/mol. The minimum absolute atomic E-state index is 0.0291. The van der Waals surface area contributed by atoms with E-state index in [1.54, 1.807) is 0 Å². The van der Waals surface area contributed by atoms with Crippen LogP contribution in [-0.2, 0) is 0 Å². The zero-order valence-corrected chi connectivity index (χ0v) is 13.3. The third kappa shape index (κ3) is 2.58. The van der Waals surface area contributed by atoms with Crippen LogP contribution in [0.1, 0.15) is 46.9 Å². The lowest BCUT2D eigenvalue weighted by molar-refractivity contribution is 0.0957. The Labute approximate surface area is 128 Å². The topological polar surface area (TPSA) is 38.3 Å². The molecule has 1 aliphatic heterocycles. The van der Waals surface area contributed by atoms with Crippen LogP contribution in [0.4, 0.5) is 0 Å². The van der Waals surface area contributed by atoms with Gasteiger partial charge in [0, 0.05) is 4.83 Å². The van der Waals surface area contributed by atoms with E-state index in [0.29, 0.717) is 35.2 Å². The average Bonchev–Trinajstić information content (AvgIpc) is 2.79. The molecule has 0 saturated heterocycles. The van der Waals surface area contributed by atoms with E-state index in [4.69, 9.17) is 4.74 Å². The predicted molar refractivity (Wildman–Crippen MR) is 82.4 cm³/mol. The summed E-state index contributed by atoms with van der Waals surface area (Å²) in [4.78, 5) is 12.4. The van der Waals surface area contributed by atoms with Crippen LogP contribution in [0.2, 0.25) is 0 Å². The molecule has 1 aliphatic carbocycles. The van der Waals surface area contributed by atoms with Gasteiger partial charge in [-0.2, -0.15) is 0 Å². The molecule has 20 heavy (non-hydrogen) atoms. The molecule has 3 rings (SSSR count). The maximum Gasteiger partial charge on any atom is 0.255 e. The number of benzene rings is 1. The van der Waals surface area contributed by atoms with Gasteiger partial charge in [-0.15, -0.1) is 0 Å². The van der Waals surface area contributed by atoms with Crippen LogP contribution in [0.15, 0.2) is 18.2 Å². The third-order valence-corrected chi connectivity index (χ3v) is 5.72. The lowest BCUT2D eigenvalue weighted by Crippen LogP contribution is -2.24. The second-order valence-corrected chi connectivity index (χ2v) is 6.82. The van der Waals surface area contributed by atoms with Crippen molar-refractivity contribution in [3.63, 3.8) is 0 Å². The van der Waals surface area contributed by atoms with Crippen LogP contribution in [0.25, 0.3) is 0 Å². The highest BCUT2D eigenvalue weighted by atomic mass is 79.9. The largest absolute Gasteiger partial charge is 0.491 e. The number of carbonyl (C=O) groups is 1. The average molecular weight is 338 g/mol. The first-order valence-corrected chi connectivity index (χ1v) is 8.27. The van der Waals surface area contributed by atoms with E-state index in [0.717, 1.165) is 5.92 Å². The molecule has 4 heteroatoms. The normalized spacial score (nSPS) is 27.2. The third-order valence-electron chi connectivity index (χ3n) is 4.52. The second kappa shape index (κ2) is 5.76. The highest BCUT2D eigenvalue weighted by Crippen LogP contribution is 2.45. The van der Waals surface area contributed by atoms with Gasteiger partial charge in [0.25, 0.3) is 5.91 Å². The number of ether oxygens (including phenoxy) is 1. The number of fused-ring (bicyclic) bond motifs is 1. The van der Waals surface area contributed by atoms with Crippen molar-refractivity contribution in [1.82, 2.24) is 5.32 Å². The molecular weight excluding hydrogens is 318 g/mol. The summed E-state index contributed by atoms with van der Waals surface area (Å²) >= 11 is 3.85. The Bertz CT molecular complexity index is 517. The van der Waals surface area contributed by atoms with Gasteiger partial charge in [-0.25, -0.2) is 0 Å². The highest BCUT2D eigenvalue weighted by molar-refractivity contribution is 9.09. The molecule has 0 bridgehead atoms. The van der Waals surface area contributed by atoms with Crippen molar-refractivity contribution in [3.8, 4) is 5.75 Å². The van der Waals surface area contributed by atoms with E-state index in [2.05, 4.69) is 34.2 Å². The van der Waals surface area contributed by atoms with Gasteiger partial charge in [0.2, 0.25) is 0 Å². The molecule has 1 saturated carbocycles. The minimum Gasteiger partial charge on any atom is -0.491 e. The van der Waals surface area contributed by atoms with E-state index in [9.17, 15) is 4.79 Å². The summed E-state index contributed by atoms with van der Waals surface area (Å²) in [7, 11) is 0. The molecule has 3 nitrogen and oxygen atoms in total. The molecule has 1 N–H and O–H groups in total. The van der Waals surface area contributed by atoms with E-state index < -0.39 is 0 Å². The first-order chi connectivity index (χ1) is 9.66. The summed E-state index contributed by atoms with van der Waals surface area (Å²) in [5, 5.41) is 2.87. The fourth-order valence-electron chi connectivity index (χ4n) is 3.30. The number of alkyl halides is 1. The van der Waals surface area contributed by atoms with E-state index in [1.807, 2.05) is 12.1 Å². The van der Waals surface area contributed by atoms with Gasteiger partial charge in [0.1, 0.15) is 12.4 Å². The van der Waals surface area contributed by atoms with Crippen LogP contribution < -0.4 is 10.1 Å². The molecule has 1 heterocycles. The molecule has 3 atom stereocenters. The molecule has 3 unspecified atom stereocenters. The second-order valence-electron chi connectivity index (χ2n) is 5.83. The molecule has 108 valence electrons. The molecule has 1 fully saturated rings. The molecule has 1 amide bonds. The molecular formula is C16H20BrNO2. The fourth-order valence-corrected chi connectivity index (χ4v) is 4.37. The molecule has 2 aliphatic rings. The number of carbonyl (C=O) groups excluding carboxylic acids is 1. The minimum atomic E-state index is -0.0291. The van der Waals surface area contributed by atoms with Gasteiger partial charge in [0.15, 0.2) is 0 Å². The van der Waals surface area contributed by atoms with Crippen molar-refractivity contribution in [3.05, 3.63) is 29.3 Å². The van der Waals surface area contributed by atoms with Crippen LogP contribution in [0, 0.1) is 11.8 Å². The van der Waals surface area contributed by atoms with Gasteiger partial charge in [0.05, 0.1) is 12.1 Å². The highest BCUT2D eigenvalue weighted by Gasteiger charge is 2.31. The number of halogens is 1. The molecule has 0 spiro atoms. The first kappa shape index (κ1) is 13.9. The number of nitrogens with one attached hydrogen (secondary N) is 1. The quantitative estimate of drug-likeness (QED) is 0.836. The van der Waals surface area contributed by atoms with Crippen molar-refractivity contribution >= 4 is 21.8 Å². The number of hydrogen-bond donors (Lipinski definition) is 1. The zero-order valence-electron chi connectivity index (χ0n) is 11.7.